The van der Waals surface area contributed by atoms with Gasteiger partial charge < -0.3 is 15.3 Å². The van der Waals surface area contributed by atoms with E-state index in [-0.39, 0.29) is 0 Å². The molecule has 2 aromatic rings. The van der Waals surface area contributed by atoms with Crippen LogP contribution in [0.4, 0.5) is 0 Å². The highest BCUT2D eigenvalue weighted by atomic mass is 16.4. The Hall–Kier alpha value is -2.75. The van der Waals surface area contributed by atoms with Gasteiger partial charge >= 0.3 is 5.97 Å². The van der Waals surface area contributed by atoms with Crippen LogP contribution in [0.15, 0.2) is 72.3 Å². The fourth-order valence-corrected chi connectivity index (χ4v) is 1.25. The second-order valence-electron chi connectivity index (χ2n) is 4.27. The number of allylic oxidation sites excluding steroid dienone is 1. The van der Waals surface area contributed by atoms with Gasteiger partial charge in [-0.25, -0.2) is 4.79 Å². The van der Waals surface area contributed by atoms with Crippen molar-refractivity contribution < 1.29 is 20.1 Å². The number of phenolic OH excluding ortho intramolecular Hbond substituents is 2. The molecule has 0 amide bonds. The van der Waals surface area contributed by atoms with Crippen molar-refractivity contribution in [1.29, 1.82) is 0 Å². The second-order valence-corrected chi connectivity index (χ2v) is 4.27. The van der Waals surface area contributed by atoms with Gasteiger partial charge in [-0.05, 0) is 37.6 Å². The highest BCUT2D eigenvalue weighted by Crippen LogP contribution is 2.03. The van der Waals surface area contributed by atoms with Gasteiger partial charge in [-0.2, -0.15) is 0 Å². The van der Waals surface area contributed by atoms with E-state index in [1.807, 2.05) is 19.1 Å². The Balaban J connectivity index is 0.000000301. The third kappa shape index (κ3) is 11.1. The molecule has 2 aromatic carbocycles. The zero-order chi connectivity index (χ0) is 16.8. The zero-order valence-corrected chi connectivity index (χ0v) is 12.8. The van der Waals surface area contributed by atoms with Gasteiger partial charge in [-0.1, -0.05) is 49.4 Å². The van der Waals surface area contributed by atoms with Crippen LogP contribution in [-0.2, 0) is 4.79 Å². The van der Waals surface area contributed by atoms with Crippen LogP contribution >= 0.6 is 0 Å². The van der Waals surface area contributed by atoms with E-state index < -0.39 is 5.97 Å². The van der Waals surface area contributed by atoms with Crippen LogP contribution in [0, 0.1) is 0 Å². The van der Waals surface area contributed by atoms with Gasteiger partial charge in [-0.15, -0.1) is 0 Å². The molecule has 0 saturated heterocycles. The summed E-state index contributed by atoms with van der Waals surface area (Å²) in [5, 5.41) is 25.5. The van der Waals surface area contributed by atoms with Crippen LogP contribution in [0.25, 0.3) is 0 Å². The van der Waals surface area contributed by atoms with Crippen molar-refractivity contribution in [3.63, 3.8) is 0 Å². The Morgan fingerprint density at radius 3 is 1.41 bits per heavy atom. The maximum absolute atomic E-state index is 10.0. The number of hydrogen-bond acceptors (Lipinski definition) is 3. The van der Waals surface area contributed by atoms with E-state index in [2.05, 4.69) is 0 Å². The zero-order valence-electron chi connectivity index (χ0n) is 12.8. The molecule has 0 aliphatic carbocycles. The topological polar surface area (TPSA) is 77.8 Å². The number of aromatic hydroxyl groups is 2. The number of carbonyl (C=O) groups is 1. The molecule has 0 radical (unpaired) electrons. The average molecular weight is 302 g/mol. The Labute approximate surface area is 131 Å². The van der Waals surface area contributed by atoms with Crippen molar-refractivity contribution in [2.75, 3.05) is 0 Å². The monoisotopic (exact) mass is 302 g/mol. The summed E-state index contributed by atoms with van der Waals surface area (Å²) in [5.41, 5.74) is 0.424. The number of hydrogen-bond donors (Lipinski definition) is 3. The summed E-state index contributed by atoms with van der Waals surface area (Å²) < 4.78 is 0. The third-order valence-electron chi connectivity index (χ3n) is 2.36. The molecular weight excluding hydrogens is 280 g/mol. The van der Waals surface area contributed by atoms with Crippen molar-refractivity contribution in [2.45, 2.75) is 20.3 Å². The summed E-state index contributed by atoms with van der Waals surface area (Å²) in [5.74, 6) is -0.183. The van der Waals surface area contributed by atoms with Gasteiger partial charge in [0.25, 0.3) is 0 Å². The lowest BCUT2D eigenvalue weighted by molar-refractivity contribution is -0.132. The third-order valence-corrected chi connectivity index (χ3v) is 2.36. The largest absolute Gasteiger partial charge is 0.508 e. The smallest absolute Gasteiger partial charge is 0.330 e. The van der Waals surface area contributed by atoms with E-state index in [4.69, 9.17) is 15.3 Å². The molecule has 0 bridgehead atoms. The first-order valence-corrected chi connectivity index (χ1v) is 6.85. The summed E-state index contributed by atoms with van der Waals surface area (Å²) in [6.07, 6.45) is 2.47. The van der Waals surface area contributed by atoms with Crippen LogP contribution in [0.2, 0.25) is 0 Å². The first-order chi connectivity index (χ1) is 10.5. The summed E-state index contributed by atoms with van der Waals surface area (Å²) in [4.78, 5) is 10.0. The lowest BCUT2D eigenvalue weighted by Gasteiger charge is -1.87. The Bertz CT molecular complexity index is 510. The molecule has 3 N–H and O–H groups in total. The molecular formula is C18H22O4. The van der Waals surface area contributed by atoms with E-state index in [1.165, 1.54) is 0 Å². The molecule has 0 aliphatic rings. The first kappa shape index (κ1) is 19.2. The quantitative estimate of drug-likeness (QED) is 0.726. The summed E-state index contributed by atoms with van der Waals surface area (Å²) in [6, 6.07) is 17.4. The predicted octanol–water partition coefficient (Wildman–Crippen LogP) is 4.21. The van der Waals surface area contributed by atoms with Crippen LogP contribution in [0.3, 0.4) is 0 Å². The van der Waals surface area contributed by atoms with E-state index >= 15 is 0 Å². The predicted molar refractivity (Wildman–Crippen MR) is 87.9 cm³/mol. The number of benzene rings is 2. The van der Waals surface area contributed by atoms with Crippen LogP contribution in [0.1, 0.15) is 20.3 Å². The first-order valence-electron chi connectivity index (χ1n) is 6.85. The summed E-state index contributed by atoms with van der Waals surface area (Å²) >= 11 is 0. The minimum atomic E-state index is -0.827. The van der Waals surface area contributed by atoms with Gasteiger partial charge in [-0.3, -0.25) is 0 Å². The van der Waals surface area contributed by atoms with Crippen molar-refractivity contribution in [3.8, 4) is 11.5 Å². The SMILES string of the molecule is CCC=C(C)C(=O)O.Oc1ccccc1.Oc1ccccc1. The number of carboxylic acids is 1. The molecule has 0 heterocycles. The minimum absolute atomic E-state index is 0.322. The molecule has 0 spiro atoms. The molecule has 0 unspecified atom stereocenters. The van der Waals surface area contributed by atoms with Crippen molar-refractivity contribution in [1.82, 2.24) is 0 Å². The molecule has 0 saturated carbocycles. The Morgan fingerprint density at radius 2 is 1.27 bits per heavy atom. The van der Waals surface area contributed by atoms with Crippen LogP contribution in [0.5, 0.6) is 11.5 Å². The highest BCUT2D eigenvalue weighted by Gasteiger charge is 1.95. The maximum atomic E-state index is 10.0. The van der Waals surface area contributed by atoms with Crippen molar-refractivity contribution in [2.24, 2.45) is 0 Å². The van der Waals surface area contributed by atoms with Gasteiger partial charge in [0.2, 0.25) is 0 Å². The number of aliphatic carboxylic acids is 1. The molecule has 22 heavy (non-hydrogen) atoms. The molecule has 2 rings (SSSR count). The molecule has 4 nitrogen and oxygen atoms in total. The second kappa shape index (κ2) is 12.0. The number of para-hydroxylation sites is 2. The molecule has 118 valence electrons. The highest BCUT2D eigenvalue weighted by molar-refractivity contribution is 5.85. The standard InChI is InChI=1S/C6H10O2.2C6H6O/c1-3-4-5(2)6(7)8;2*7-6-4-2-1-3-5-6/h4H,3H2,1-2H3,(H,7,8);2*1-5,7H. The normalized spacial score (nSPS) is 9.64. The van der Waals surface area contributed by atoms with E-state index in [0.29, 0.717) is 17.1 Å². The summed E-state index contributed by atoms with van der Waals surface area (Å²) in [7, 11) is 0. The lowest BCUT2D eigenvalue weighted by atomic mass is 10.2. The number of carboxylic acid groups (broad SMARTS) is 1. The molecule has 4 heteroatoms. The maximum Gasteiger partial charge on any atom is 0.330 e. The van der Waals surface area contributed by atoms with E-state index in [1.54, 1.807) is 61.5 Å². The lowest BCUT2D eigenvalue weighted by Crippen LogP contribution is -1.94. The van der Waals surface area contributed by atoms with E-state index in [0.717, 1.165) is 6.42 Å². The number of phenols is 2. The molecule has 0 fully saturated rings. The summed E-state index contributed by atoms with van der Waals surface area (Å²) in [6.45, 7) is 3.50. The molecule has 0 aliphatic heterocycles. The fraction of sp³-hybridized carbons (Fsp3) is 0.167. The number of rotatable bonds is 2. The Morgan fingerprint density at radius 1 is 0.909 bits per heavy atom. The average Bonchev–Trinajstić information content (AvgIpc) is 2.50. The van der Waals surface area contributed by atoms with Crippen molar-refractivity contribution in [3.05, 3.63) is 72.3 Å². The van der Waals surface area contributed by atoms with Gasteiger partial charge in [0.15, 0.2) is 0 Å². The van der Waals surface area contributed by atoms with E-state index in [9.17, 15) is 4.79 Å². The molecule has 0 atom stereocenters. The molecule has 0 aromatic heterocycles. The van der Waals surface area contributed by atoms with Gasteiger partial charge in [0.05, 0.1) is 0 Å². The minimum Gasteiger partial charge on any atom is -0.508 e. The van der Waals surface area contributed by atoms with Crippen molar-refractivity contribution >= 4 is 5.97 Å². The fourth-order valence-electron chi connectivity index (χ4n) is 1.25. The van der Waals surface area contributed by atoms with Crippen LogP contribution in [-0.4, -0.2) is 21.3 Å². The van der Waals surface area contributed by atoms with Gasteiger partial charge in [0.1, 0.15) is 11.5 Å². The Kier molecular flexibility index (Phi) is 10.5. The van der Waals surface area contributed by atoms with Gasteiger partial charge in [0, 0.05) is 5.57 Å². The van der Waals surface area contributed by atoms with Crippen LogP contribution < -0.4 is 0 Å².